The van der Waals surface area contributed by atoms with Crippen molar-refractivity contribution in [3.63, 3.8) is 0 Å². The number of aliphatic hydroxyl groups excluding tert-OH is 1. The van der Waals surface area contributed by atoms with Crippen LogP contribution in [0.1, 0.15) is 13.8 Å². The van der Waals surface area contributed by atoms with Gasteiger partial charge in [-0.15, -0.1) is 0 Å². The molecule has 0 aromatic carbocycles. The first-order chi connectivity index (χ1) is 2.64. The van der Waals surface area contributed by atoms with Crippen LogP contribution in [0.25, 0.3) is 0 Å². The first-order valence-corrected chi connectivity index (χ1v) is 1.83. The Balaban J connectivity index is 0. The Bertz CT molecular complexity index is 60.7. The number of Topliss-reactive ketones (excluding diaryl/α,β-unsaturated/α-hetero) is 1. The van der Waals surface area contributed by atoms with Gasteiger partial charge in [0.1, 0.15) is 6.10 Å². The van der Waals surface area contributed by atoms with E-state index in [0.717, 1.165) is 0 Å². The first kappa shape index (κ1) is 10.3. The average molecular weight is 272 g/mol. The minimum Gasteiger partial charge on any atom is -0.386 e. The Morgan fingerprint density at radius 3 is 1.86 bits per heavy atom. The van der Waals surface area contributed by atoms with Crippen LogP contribution in [0.2, 0.25) is 0 Å². The van der Waals surface area contributed by atoms with Gasteiger partial charge in [-0.2, -0.15) is 0 Å². The first-order valence-electron chi connectivity index (χ1n) is 1.83. The average Bonchev–Trinajstić information content (AvgIpc) is 1.36. The predicted molar refractivity (Wildman–Crippen MR) is 22.4 cm³/mol. The molecule has 2 nitrogen and oxygen atoms in total. The van der Waals surface area contributed by atoms with Gasteiger partial charge in [0.25, 0.3) is 0 Å². The molecule has 42 valence electrons. The molecule has 0 radical (unpaired) electrons. The third-order valence-corrected chi connectivity index (χ3v) is 0.588. The van der Waals surface area contributed by atoms with Gasteiger partial charge in [-0.3, -0.25) is 4.79 Å². The number of hydrogen-bond acceptors (Lipinski definition) is 2. The third kappa shape index (κ3) is 6.32. The van der Waals surface area contributed by atoms with Crippen molar-refractivity contribution in [2.45, 2.75) is 20.0 Å². The number of ketones is 1. The van der Waals surface area contributed by atoms with Gasteiger partial charge < -0.3 is 5.11 Å². The second-order valence-corrected chi connectivity index (χ2v) is 1.29. The van der Waals surface area contributed by atoms with Gasteiger partial charge in [0.2, 0.25) is 0 Å². The Labute approximate surface area is 57.2 Å². The summed E-state index contributed by atoms with van der Waals surface area (Å²) in [5, 5.41) is 8.28. The van der Waals surface area contributed by atoms with Crippen LogP contribution in [0.3, 0.4) is 0 Å². The normalized spacial score (nSPS) is 11.9. The summed E-state index contributed by atoms with van der Waals surface area (Å²) in [7, 11) is 0. The molecular formula is C4H8O2W. The molecule has 0 bridgehead atoms. The van der Waals surface area contributed by atoms with Crippen molar-refractivity contribution < 1.29 is 31.0 Å². The predicted octanol–water partition coefficient (Wildman–Crippen LogP) is -0.0463. The van der Waals surface area contributed by atoms with Crippen molar-refractivity contribution in [1.29, 1.82) is 0 Å². The van der Waals surface area contributed by atoms with Gasteiger partial charge in [-0.25, -0.2) is 0 Å². The number of aliphatic hydroxyl groups is 1. The van der Waals surface area contributed by atoms with E-state index in [-0.39, 0.29) is 26.8 Å². The van der Waals surface area contributed by atoms with Crippen LogP contribution in [-0.4, -0.2) is 17.0 Å². The van der Waals surface area contributed by atoms with Gasteiger partial charge in [0.15, 0.2) is 5.78 Å². The van der Waals surface area contributed by atoms with E-state index in [1.165, 1.54) is 13.8 Å². The molecular weight excluding hydrogens is 264 g/mol. The van der Waals surface area contributed by atoms with Crippen LogP contribution >= 0.6 is 0 Å². The molecule has 0 spiro atoms. The van der Waals surface area contributed by atoms with Gasteiger partial charge in [-0.05, 0) is 13.8 Å². The molecule has 0 aliphatic rings. The van der Waals surface area contributed by atoms with Gasteiger partial charge in [0.05, 0.1) is 0 Å². The maximum absolute atomic E-state index is 9.89. The van der Waals surface area contributed by atoms with Crippen molar-refractivity contribution in [3.05, 3.63) is 0 Å². The molecule has 0 aliphatic heterocycles. The molecule has 0 saturated carbocycles. The molecule has 0 rings (SSSR count). The minimum atomic E-state index is -0.787. The van der Waals surface area contributed by atoms with Gasteiger partial charge in [-0.1, -0.05) is 0 Å². The zero-order chi connectivity index (χ0) is 5.15. The van der Waals surface area contributed by atoms with Crippen LogP contribution < -0.4 is 0 Å². The van der Waals surface area contributed by atoms with Crippen molar-refractivity contribution in [3.8, 4) is 0 Å². The molecule has 0 aromatic rings. The minimum absolute atomic E-state index is 0. The van der Waals surface area contributed by atoms with E-state index in [9.17, 15) is 4.79 Å². The Kier molecular flexibility index (Phi) is 6.61. The Morgan fingerprint density at radius 1 is 1.71 bits per heavy atom. The molecule has 0 aromatic heterocycles. The summed E-state index contributed by atoms with van der Waals surface area (Å²) >= 11 is 0. The zero-order valence-corrected chi connectivity index (χ0v) is 7.27. The summed E-state index contributed by atoms with van der Waals surface area (Å²) in [6.45, 7) is 2.80. The van der Waals surface area contributed by atoms with E-state index in [1.807, 2.05) is 0 Å². The van der Waals surface area contributed by atoms with Crippen molar-refractivity contribution in [1.82, 2.24) is 0 Å². The second-order valence-electron chi connectivity index (χ2n) is 1.29. The molecule has 1 atom stereocenters. The number of rotatable bonds is 1. The van der Waals surface area contributed by atoms with Gasteiger partial charge in [0, 0.05) is 21.1 Å². The smallest absolute Gasteiger partial charge is 0.157 e. The maximum atomic E-state index is 9.89. The third-order valence-electron chi connectivity index (χ3n) is 0.588. The van der Waals surface area contributed by atoms with E-state index in [0.29, 0.717) is 0 Å². The number of hydrogen-bond donors (Lipinski definition) is 1. The molecule has 1 N–H and O–H groups in total. The molecule has 3 heteroatoms. The summed E-state index contributed by atoms with van der Waals surface area (Å²) in [5.41, 5.74) is 0. The van der Waals surface area contributed by atoms with Crippen LogP contribution in [0, 0.1) is 0 Å². The second kappa shape index (κ2) is 4.48. The molecule has 0 amide bonds. The molecule has 0 fully saturated rings. The van der Waals surface area contributed by atoms with Crippen molar-refractivity contribution >= 4 is 5.78 Å². The molecule has 7 heavy (non-hydrogen) atoms. The molecule has 0 saturated heterocycles. The van der Waals surface area contributed by atoms with Crippen molar-refractivity contribution in [2.24, 2.45) is 0 Å². The fraction of sp³-hybridized carbons (Fsp3) is 0.750. The van der Waals surface area contributed by atoms with E-state index in [2.05, 4.69) is 0 Å². The molecule has 0 aliphatic carbocycles. The summed E-state index contributed by atoms with van der Waals surface area (Å²) in [5.74, 6) is -0.185. The molecule has 1 unspecified atom stereocenters. The van der Waals surface area contributed by atoms with E-state index in [4.69, 9.17) is 5.11 Å². The SMILES string of the molecule is CC(=O)C(C)O.[W]. The van der Waals surface area contributed by atoms with E-state index in [1.54, 1.807) is 0 Å². The van der Waals surface area contributed by atoms with E-state index < -0.39 is 6.10 Å². The summed E-state index contributed by atoms with van der Waals surface area (Å²) in [6.07, 6.45) is -0.787. The summed E-state index contributed by atoms with van der Waals surface area (Å²) < 4.78 is 0. The standard InChI is InChI=1S/C4H8O2.W/c1-3(5)4(2)6;/h3,5H,1-2H3;. The Hall–Kier alpha value is 0.318. The molecule has 0 heterocycles. The quantitative estimate of drug-likeness (QED) is 0.727. The number of carbonyl (C=O) groups excluding carboxylic acids is 1. The maximum Gasteiger partial charge on any atom is 0.157 e. The van der Waals surface area contributed by atoms with Crippen LogP contribution in [0.15, 0.2) is 0 Å². The summed E-state index contributed by atoms with van der Waals surface area (Å²) in [4.78, 5) is 9.89. The van der Waals surface area contributed by atoms with Crippen molar-refractivity contribution in [2.75, 3.05) is 0 Å². The van der Waals surface area contributed by atoms with Gasteiger partial charge >= 0.3 is 0 Å². The number of carbonyl (C=O) groups is 1. The zero-order valence-electron chi connectivity index (χ0n) is 4.34. The van der Waals surface area contributed by atoms with Crippen LogP contribution in [0.4, 0.5) is 0 Å². The van der Waals surface area contributed by atoms with Crippen LogP contribution in [0.5, 0.6) is 0 Å². The van der Waals surface area contributed by atoms with Crippen LogP contribution in [-0.2, 0) is 25.9 Å². The largest absolute Gasteiger partial charge is 0.386 e. The Morgan fingerprint density at radius 2 is 1.86 bits per heavy atom. The monoisotopic (exact) mass is 272 g/mol. The topological polar surface area (TPSA) is 37.3 Å². The van der Waals surface area contributed by atoms with E-state index >= 15 is 0 Å². The fourth-order valence-electron chi connectivity index (χ4n) is 0. The summed E-state index contributed by atoms with van der Waals surface area (Å²) in [6, 6.07) is 0. The fourth-order valence-corrected chi connectivity index (χ4v) is 0.